The molecule has 0 saturated heterocycles. The van der Waals surface area contributed by atoms with Crippen LogP contribution in [0.15, 0.2) is 41.8 Å². The van der Waals surface area contributed by atoms with Crippen LogP contribution < -0.4 is 10.6 Å². The van der Waals surface area contributed by atoms with Crippen LogP contribution in [-0.2, 0) is 22.6 Å². The van der Waals surface area contributed by atoms with Crippen molar-refractivity contribution in [2.45, 2.75) is 19.0 Å². The molecule has 1 aromatic heterocycles. The molecule has 3 rings (SSSR count). The van der Waals surface area contributed by atoms with Gasteiger partial charge in [-0.25, -0.2) is 0 Å². The van der Waals surface area contributed by atoms with E-state index in [0.29, 0.717) is 6.54 Å². The van der Waals surface area contributed by atoms with E-state index in [1.165, 1.54) is 23.1 Å². The number of carbonyl (C=O) groups excluding carboxylic acids is 2. The van der Waals surface area contributed by atoms with E-state index in [4.69, 9.17) is 0 Å². The summed E-state index contributed by atoms with van der Waals surface area (Å²) < 4.78 is 0. The molecule has 2 amide bonds. The molecule has 5 nitrogen and oxygen atoms in total. The van der Waals surface area contributed by atoms with Crippen molar-refractivity contribution in [2.24, 2.45) is 0 Å². The van der Waals surface area contributed by atoms with Gasteiger partial charge in [-0.15, -0.1) is 11.3 Å². The van der Waals surface area contributed by atoms with Gasteiger partial charge in [-0.3, -0.25) is 14.5 Å². The summed E-state index contributed by atoms with van der Waals surface area (Å²) in [4.78, 5) is 26.8. The molecule has 24 heavy (non-hydrogen) atoms. The molecule has 1 aromatic carbocycles. The van der Waals surface area contributed by atoms with Crippen molar-refractivity contribution >= 4 is 23.2 Å². The molecule has 2 N–H and O–H groups in total. The first-order valence-electron chi connectivity index (χ1n) is 8.03. The van der Waals surface area contributed by atoms with Crippen molar-refractivity contribution in [1.82, 2.24) is 15.5 Å². The predicted octanol–water partition coefficient (Wildman–Crippen LogP) is 1.71. The molecule has 0 spiro atoms. The van der Waals surface area contributed by atoms with E-state index in [9.17, 15) is 9.59 Å². The van der Waals surface area contributed by atoms with Crippen LogP contribution in [0.3, 0.4) is 0 Å². The van der Waals surface area contributed by atoms with E-state index in [2.05, 4.69) is 45.9 Å². The highest BCUT2D eigenvalue weighted by Gasteiger charge is 2.26. The first kappa shape index (κ1) is 16.7. The third kappa shape index (κ3) is 3.66. The van der Waals surface area contributed by atoms with Crippen LogP contribution in [0.25, 0.3) is 0 Å². The number of rotatable bonds is 4. The third-order valence-corrected chi connectivity index (χ3v) is 5.34. The highest BCUT2D eigenvalue weighted by Crippen LogP contribution is 2.29. The molecule has 2 heterocycles. The largest absolute Gasteiger partial charge is 0.351 e. The molecule has 0 radical (unpaired) electrons. The molecule has 1 unspecified atom stereocenters. The molecule has 1 aliphatic rings. The number of hydrogen-bond donors (Lipinski definition) is 2. The number of nitrogens with one attached hydrogen (secondary N) is 2. The number of nitrogens with zero attached hydrogens (tertiary/aromatic N) is 1. The number of likely N-dealkylation sites (N-methyl/N-ethyl adjacent to an activating group) is 1. The molecule has 2 aromatic rings. The molecule has 126 valence electrons. The standard InChI is InChI=1S/C18H21N3O2S/c1-19-17(22)18(23)20-11-15(16-7-4-10-24-16)21-9-8-13-5-2-3-6-14(13)12-21/h2-7,10,15H,8-9,11-12H2,1H3,(H,19,22)(H,20,23). The van der Waals surface area contributed by atoms with Crippen molar-refractivity contribution in [3.63, 3.8) is 0 Å². The minimum Gasteiger partial charge on any atom is -0.351 e. The lowest BCUT2D eigenvalue weighted by molar-refractivity contribution is -0.139. The van der Waals surface area contributed by atoms with Gasteiger partial charge >= 0.3 is 11.8 Å². The summed E-state index contributed by atoms with van der Waals surface area (Å²) in [7, 11) is 1.46. The normalized spacial score (nSPS) is 15.4. The lowest BCUT2D eigenvalue weighted by Gasteiger charge is -2.35. The SMILES string of the molecule is CNC(=O)C(=O)NCC(c1cccs1)N1CCc2ccccc2C1. The van der Waals surface area contributed by atoms with Gasteiger partial charge in [0.15, 0.2) is 0 Å². The molecule has 0 saturated carbocycles. The summed E-state index contributed by atoms with van der Waals surface area (Å²) in [6.45, 7) is 2.22. The topological polar surface area (TPSA) is 61.4 Å². The number of amides is 2. The van der Waals surface area contributed by atoms with Crippen LogP contribution in [0, 0.1) is 0 Å². The van der Waals surface area contributed by atoms with Crippen LogP contribution in [0.1, 0.15) is 22.0 Å². The van der Waals surface area contributed by atoms with Crippen molar-refractivity contribution in [1.29, 1.82) is 0 Å². The van der Waals surface area contributed by atoms with Crippen molar-refractivity contribution in [3.8, 4) is 0 Å². The van der Waals surface area contributed by atoms with Gasteiger partial charge in [0.25, 0.3) is 0 Å². The van der Waals surface area contributed by atoms with Crippen LogP contribution in [0.4, 0.5) is 0 Å². The summed E-state index contributed by atoms with van der Waals surface area (Å²) in [5, 5.41) is 7.15. The Bertz CT molecular complexity index is 715. The molecular formula is C18H21N3O2S. The molecule has 0 aliphatic carbocycles. The monoisotopic (exact) mass is 343 g/mol. The summed E-state index contributed by atoms with van der Waals surface area (Å²) in [6.07, 6.45) is 1.00. The smallest absolute Gasteiger partial charge is 0.309 e. The maximum absolute atomic E-state index is 11.8. The number of fused-ring (bicyclic) bond motifs is 1. The Labute approximate surface area is 145 Å². The lowest BCUT2D eigenvalue weighted by Crippen LogP contribution is -2.44. The highest BCUT2D eigenvalue weighted by atomic mass is 32.1. The third-order valence-electron chi connectivity index (χ3n) is 4.36. The number of carbonyl (C=O) groups is 2. The zero-order valence-electron chi connectivity index (χ0n) is 13.6. The fourth-order valence-corrected chi connectivity index (χ4v) is 3.92. The molecule has 6 heteroatoms. The molecule has 0 fully saturated rings. The molecular weight excluding hydrogens is 322 g/mol. The fourth-order valence-electron chi connectivity index (χ4n) is 3.06. The fraction of sp³-hybridized carbons (Fsp3) is 0.333. The Morgan fingerprint density at radius 2 is 1.96 bits per heavy atom. The summed E-state index contributed by atoms with van der Waals surface area (Å²) in [6, 6.07) is 12.7. The average molecular weight is 343 g/mol. The van der Waals surface area contributed by atoms with E-state index >= 15 is 0 Å². The second kappa shape index (κ2) is 7.59. The first-order valence-corrected chi connectivity index (χ1v) is 8.91. The van der Waals surface area contributed by atoms with E-state index < -0.39 is 11.8 Å². The molecule has 0 bridgehead atoms. The molecule has 1 atom stereocenters. The Hall–Kier alpha value is -2.18. The number of benzene rings is 1. The van der Waals surface area contributed by atoms with Crippen LogP contribution in [0.2, 0.25) is 0 Å². The van der Waals surface area contributed by atoms with Gasteiger partial charge in [-0.1, -0.05) is 30.3 Å². The zero-order chi connectivity index (χ0) is 16.9. The van der Waals surface area contributed by atoms with Gasteiger partial charge in [0, 0.05) is 31.6 Å². The van der Waals surface area contributed by atoms with Gasteiger partial charge in [0.1, 0.15) is 0 Å². The minimum atomic E-state index is -0.607. The van der Waals surface area contributed by atoms with Crippen molar-refractivity contribution in [3.05, 3.63) is 57.8 Å². The predicted molar refractivity (Wildman–Crippen MR) is 94.7 cm³/mol. The van der Waals surface area contributed by atoms with Gasteiger partial charge in [-0.05, 0) is 29.0 Å². The van der Waals surface area contributed by atoms with E-state index in [0.717, 1.165) is 19.5 Å². The maximum atomic E-state index is 11.8. The van der Waals surface area contributed by atoms with E-state index in [1.54, 1.807) is 11.3 Å². The maximum Gasteiger partial charge on any atom is 0.309 e. The Balaban J connectivity index is 1.74. The van der Waals surface area contributed by atoms with Crippen molar-refractivity contribution in [2.75, 3.05) is 20.1 Å². The second-order valence-corrected chi connectivity index (χ2v) is 6.79. The van der Waals surface area contributed by atoms with E-state index in [1.807, 2.05) is 11.4 Å². The van der Waals surface area contributed by atoms with Gasteiger partial charge in [0.2, 0.25) is 0 Å². The average Bonchev–Trinajstić information content (AvgIpc) is 3.15. The van der Waals surface area contributed by atoms with Crippen molar-refractivity contribution < 1.29 is 9.59 Å². The highest BCUT2D eigenvalue weighted by molar-refractivity contribution is 7.10. The van der Waals surface area contributed by atoms with Crippen LogP contribution in [-0.4, -0.2) is 36.9 Å². The number of thiophene rings is 1. The number of hydrogen-bond acceptors (Lipinski definition) is 4. The Morgan fingerprint density at radius 3 is 2.67 bits per heavy atom. The van der Waals surface area contributed by atoms with Gasteiger partial charge < -0.3 is 10.6 Å². The van der Waals surface area contributed by atoms with E-state index in [-0.39, 0.29) is 6.04 Å². The van der Waals surface area contributed by atoms with Crippen LogP contribution in [0.5, 0.6) is 0 Å². The Morgan fingerprint density at radius 1 is 1.17 bits per heavy atom. The summed E-state index contributed by atoms with van der Waals surface area (Å²) in [5.74, 6) is -1.19. The quantitative estimate of drug-likeness (QED) is 0.831. The zero-order valence-corrected chi connectivity index (χ0v) is 14.4. The Kier molecular flexibility index (Phi) is 5.27. The summed E-state index contributed by atoms with van der Waals surface area (Å²) in [5.41, 5.74) is 2.73. The summed E-state index contributed by atoms with van der Waals surface area (Å²) >= 11 is 1.68. The minimum absolute atomic E-state index is 0.0759. The molecule has 1 aliphatic heterocycles. The van der Waals surface area contributed by atoms with Crippen LogP contribution >= 0.6 is 11.3 Å². The van der Waals surface area contributed by atoms with Gasteiger partial charge in [-0.2, -0.15) is 0 Å². The first-order chi connectivity index (χ1) is 11.7. The lowest BCUT2D eigenvalue weighted by atomic mass is 9.98. The second-order valence-electron chi connectivity index (χ2n) is 5.81. The van der Waals surface area contributed by atoms with Gasteiger partial charge in [0.05, 0.1) is 6.04 Å².